The molecule has 2 aromatic rings. The van der Waals surface area contributed by atoms with Crippen molar-refractivity contribution in [1.82, 2.24) is 5.32 Å². The zero-order chi connectivity index (χ0) is 21.8. The molecule has 2 rings (SSSR count). The first kappa shape index (κ1) is 22.9. The van der Waals surface area contributed by atoms with Gasteiger partial charge in [-0.2, -0.15) is 0 Å². The van der Waals surface area contributed by atoms with E-state index in [1.165, 1.54) is 9.87 Å². The fourth-order valence-electron chi connectivity index (χ4n) is 3.64. The fourth-order valence-corrected chi connectivity index (χ4v) is 4.55. The van der Waals surface area contributed by atoms with Gasteiger partial charge in [0, 0.05) is 6.04 Å². The average molecular weight is 417 g/mol. The summed E-state index contributed by atoms with van der Waals surface area (Å²) in [5.41, 5.74) is 3.39. The fraction of sp³-hybridized carbons (Fsp3) is 0.435. The third-order valence-corrected chi connectivity index (χ3v) is 6.23. The van der Waals surface area contributed by atoms with E-state index >= 15 is 0 Å². The second kappa shape index (κ2) is 8.99. The average Bonchev–Trinajstić information content (AvgIpc) is 2.61. The van der Waals surface area contributed by atoms with E-state index in [4.69, 9.17) is 0 Å². The van der Waals surface area contributed by atoms with E-state index in [-0.39, 0.29) is 23.9 Å². The van der Waals surface area contributed by atoms with Crippen molar-refractivity contribution >= 4 is 21.6 Å². The van der Waals surface area contributed by atoms with E-state index in [2.05, 4.69) is 31.3 Å². The van der Waals surface area contributed by atoms with Gasteiger partial charge in [0.05, 0.1) is 11.9 Å². The molecule has 158 valence electrons. The highest BCUT2D eigenvalue weighted by Gasteiger charge is 2.26. The van der Waals surface area contributed by atoms with Crippen molar-refractivity contribution in [3.63, 3.8) is 0 Å². The minimum Gasteiger partial charge on any atom is -0.352 e. The van der Waals surface area contributed by atoms with E-state index in [1.807, 2.05) is 51.1 Å². The monoisotopic (exact) mass is 416 g/mol. The normalized spacial score (nSPS) is 13.0. The van der Waals surface area contributed by atoms with Gasteiger partial charge in [0.15, 0.2) is 0 Å². The summed E-state index contributed by atoms with van der Waals surface area (Å²) in [4.78, 5) is 12.7. The maximum atomic E-state index is 12.7. The molecule has 0 aromatic heterocycles. The summed E-state index contributed by atoms with van der Waals surface area (Å²) in [6, 6.07) is 15.7. The molecule has 0 radical (unpaired) electrons. The van der Waals surface area contributed by atoms with Crippen LogP contribution in [0, 0.1) is 13.8 Å². The van der Waals surface area contributed by atoms with Crippen LogP contribution in [0.5, 0.6) is 0 Å². The van der Waals surface area contributed by atoms with Crippen LogP contribution in [-0.4, -0.2) is 33.2 Å². The molecule has 0 saturated heterocycles. The highest BCUT2D eigenvalue weighted by molar-refractivity contribution is 7.92. The van der Waals surface area contributed by atoms with Crippen molar-refractivity contribution in [2.45, 2.75) is 52.5 Å². The lowest BCUT2D eigenvalue weighted by atomic mass is 9.79. The van der Waals surface area contributed by atoms with Gasteiger partial charge in [-0.05, 0) is 55.4 Å². The van der Waals surface area contributed by atoms with Crippen LogP contribution in [0.1, 0.15) is 43.9 Å². The minimum absolute atomic E-state index is 0.0993. The van der Waals surface area contributed by atoms with E-state index < -0.39 is 10.0 Å². The number of hydrogen-bond donors (Lipinski definition) is 1. The zero-order valence-corrected chi connectivity index (χ0v) is 19.0. The van der Waals surface area contributed by atoms with Crippen LogP contribution >= 0.6 is 0 Å². The van der Waals surface area contributed by atoms with Crippen molar-refractivity contribution in [1.29, 1.82) is 0 Å². The van der Waals surface area contributed by atoms with Gasteiger partial charge in [0.25, 0.3) is 0 Å². The molecule has 0 saturated carbocycles. The molecule has 29 heavy (non-hydrogen) atoms. The zero-order valence-electron chi connectivity index (χ0n) is 18.2. The Morgan fingerprint density at radius 1 is 1.10 bits per heavy atom. The van der Waals surface area contributed by atoms with Gasteiger partial charge in [0.1, 0.15) is 6.54 Å². The largest absolute Gasteiger partial charge is 0.352 e. The predicted molar refractivity (Wildman–Crippen MR) is 120 cm³/mol. The summed E-state index contributed by atoms with van der Waals surface area (Å²) in [7, 11) is -3.59. The molecule has 1 N–H and O–H groups in total. The van der Waals surface area contributed by atoms with Gasteiger partial charge >= 0.3 is 0 Å². The van der Waals surface area contributed by atoms with Gasteiger partial charge in [-0.3, -0.25) is 9.10 Å². The maximum absolute atomic E-state index is 12.7. The van der Waals surface area contributed by atoms with E-state index in [0.717, 1.165) is 23.8 Å². The molecule has 5 nitrogen and oxygen atoms in total. The lowest BCUT2D eigenvalue weighted by molar-refractivity contribution is -0.120. The molecular formula is C23H32N2O3S. The number of nitrogens with zero attached hydrogens (tertiary/aromatic N) is 1. The van der Waals surface area contributed by atoms with Crippen molar-refractivity contribution < 1.29 is 13.2 Å². The second-order valence-electron chi connectivity index (χ2n) is 8.48. The number of aryl methyl sites for hydroxylation is 2. The smallest absolute Gasteiger partial charge is 0.240 e. The third-order valence-electron chi connectivity index (χ3n) is 5.10. The van der Waals surface area contributed by atoms with E-state index in [0.29, 0.717) is 5.69 Å². The quantitative estimate of drug-likeness (QED) is 0.709. The Bertz CT molecular complexity index is 953. The molecule has 2 aromatic carbocycles. The molecule has 0 spiro atoms. The Hall–Kier alpha value is -2.34. The summed E-state index contributed by atoms with van der Waals surface area (Å²) in [6.07, 6.45) is 1.87. The lowest BCUT2D eigenvalue weighted by Crippen LogP contribution is -2.44. The van der Waals surface area contributed by atoms with Crippen molar-refractivity contribution in [3.8, 4) is 0 Å². The molecule has 0 aliphatic carbocycles. The lowest BCUT2D eigenvalue weighted by Gasteiger charge is -2.30. The maximum Gasteiger partial charge on any atom is 0.240 e. The molecule has 1 atom stereocenters. The number of nitrogens with one attached hydrogen (secondary N) is 1. The van der Waals surface area contributed by atoms with Crippen molar-refractivity contribution in [3.05, 3.63) is 65.2 Å². The summed E-state index contributed by atoms with van der Waals surface area (Å²) in [5, 5.41) is 2.97. The standard InChI is InChI=1S/C23H32N2O3S/c1-17-12-13-18(2)21(14-17)25(29(6,27)28)16-22(26)24-19(3)15-23(4,5)20-10-8-7-9-11-20/h7-14,19H,15-16H2,1-6H3,(H,24,26). The number of carbonyl (C=O) groups excluding carboxylic acids is 1. The summed E-state index contributed by atoms with van der Waals surface area (Å²) < 4.78 is 25.9. The number of benzene rings is 2. The van der Waals surface area contributed by atoms with Crippen LogP contribution in [0.4, 0.5) is 5.69 Å². The first-order valence-corrected chi connectivity index (χ1v) is 11.6. The number of rotatable bonds is 8. The Morgan fingerprint density at radius 3 is 2.31 bits per heavy atom. The highest BCUT2D eigenvalue weighted by Crippen LogP contribution is 2.28. The molecular weight excluding hydrogens is 384 g/mol. The summed E-state index contributed by atoms with van der Waals surface area (Å²) in [6.45, 7) is 9.74. The predicted octanol–water partition coefficient (Wildman–Crippen LogP) is 3.94. The van der Waals surface area contributed by atoms with E-state index in [9.17, 15) is 13.2 Å². The highest BCUT2D eigenvalue weighted by atomic mass is 32.2. The van der Waals surface area contributed by atoms with Crippen LogP contribution in [0.3, 0.4) is 0 Å². The number of hydrogen-bond acceptors (Lipinski definition) is 3. The Morgan fingerprint density at radius 2 is 1.72 bits per heavy atom. The molecule has 0 aliphatic heterocycles. The molecule has 6 heteroatoms. The number of amides is 1. The topological polar surface area (TPSA) is 66.5 Å². The van der Waals surface area contributed by atoms with Gasteiger partial charge in [-0.1, -0.05) is 56.3 Å². The molecule has 0 aliphatic rings. The minimum atomic E-state index is -3.59. The molecule has 1 amide bonds. The van der Waals surface area contributed by atoms with Crippen LogP contribution < -0.4 is 9.62 Å². The van der Waals surface area contributed by atoms with Gasteiger partial charge < -0.3 is 5.32 Å². The van der Waals surface area contributed by atoms with Crippen LogP contribution in [0.2, 0.25) is 0 Å². The number of carbonyl (C=O) groups is 1. The van der Waals surface area contributed by atoms with Crippen LogP contribution in [0.25, 0.3) is 0 Å². The Labute approximate surface area is 175 Å². The van der Waals surface area contributed by atoms with Crippen LogP contribution in [-0.2, 0) is 20.2 Å². The van der Waals surface area contributed by atoms with E-state index in [1.54, 1.807) is 6.07 Å². The third kappa shape index (κ3) is 6.32. The Kier molecular flexibility index (Phi) is 7.11. The van der Waals surface area contributed by atoms with Crippen molar-refractivity contribution in [2.24, 2.45) is 0 Å². The number of sulfonamides is 1. The van der Waals surface area contributed by atoms with Crippen LogP contribution in [0.15, 0.2) is 48.5 Å². The SMILES string of the molecule is Cc1ccc(C)c(N(CC(=O)NC(C)CC(C)(C)c2ccccc2)S(C)(=O)=O)c1. The van der Waals surface area contributed by atoms with Gasteiger partial charge in [-0.25, -0.2) is 8.42 Å². The molecule has 0 bridgehead atoms. The van der Waals surface area contributed by atoms with Crippen molar-refractivity contribution in [2.75, 3.05) is 17.1 Å². The first-order chi connectivity index (χ1) is 13.4. The summed E-state index contributed by atoms with van der Waals surface area (Å²) >= 11 is 0. The molecule has 0 heterocycles. The van der Waals surface area contributed by atoms with Gasteiger partial charge in [0.2, 0.25) is 15.9 Å². The molecule has 0 fully saturated rings. The molecule has 1 unspecified atom stereocenters. The second-order valence-corrected chi connectivity index (χ2v) is 10.4. The Balaban J connectivity index is 2.11. The van der Waals surface area contributed by atoms with Gasteiger partial charge in [-0.15, -0.1) is 0 Å². The first-order valence-electron chi connectivity index (χ1n) is 9.80. The summed E-state index contributed by atoms with van der Waals surface area (Å²) in [5.74, 6) is -0.312. The number of anilines is 1.